The van der Waals surface area contributed by atoms with Crippen LogP contribution in [-0.2, 0) is 9.59 Å². The molecule has 0 aliphatic heterocycles. The molecule has 0 aromatic heterocycles. The van der Waals surface area contributed by atoms with Crippen LogP contribution in [0.15, 0.2) is 24.3 Å². The van der Waals surface area contributed by atoms with E-state index >= 15 is 0 Å². The highest BCUT2D eigenvalue weighted by atomic mass is 32.1. The molecule has 0 fully saturated rings. The molecule has 1 rings (SSSR count). The van der Waals surface area contributed by atoms with Crippen molar-refractivity contribution in [1.82, 2.24) is 0 Å². The van der Waals surface area contributed by atoms with Gasteiger partial charge in [-0.2, -0.15) is 12.6 Å². The smallest absolute Gasteiger partial charge is 0.323 e. The minimum Gasteiger partial charge on any atom is -0.480 e. The van der Waals surface area contributed by atoms with Crippen molar-refractivity contribution in [2.45, 2.75) is 11.4 Å². The van der Waals surface area contributed by atoms with Gasteiger partial charge >= 0.3 is 5.97 Å². The van der Waals surface area contributed by atoms with Gasteiger partial charge in [-0.05, 0) is 6.07 Å². The first-order valence-corrected chi connectivity index (χ1v) is 6.72. The van der Waals surface area contributed by atoms with Gasteiger partial charge < -0.3 is 26.0 Å². The van der Waals surface area contributed by atoms with Crippen molar-refractivity contribution in [3.8, 4) is 0 Å². The van der Waals surface area contributed by atoms with Crippen LogP contribution in [0.4, 0.5) is 5.69 Å². The van der Waals surface area contributed by atoms with Gasteiger partial charge in [0.2, 0.25) is 5.91 Å². The maximum absolute atomic E-state index is 11.1. The van der Waals surface area contributed by atoms with Crippen LogP contribution in [0.2, 0.25) is 0 Å². The minimum absolute atomic E-state index is 0.0733. The predicted molar refractivity (Wildman–Crippen MR) is 80.3 cm³/mol. The summed E-state index contributed by atoms with van der Waals surface area (Å²) in [6, 6.07) is 6.45. The predicted octanol–water partition coefficient (Wildman–Crippen LogP) is -0.613. The van der Waals surface area contributed by atoms with Crippen molar-refractivity contribution >= 4 is 30.2 Å². The standard InChI is InChI=1S/C13H18N2O5S/c14-13(20)12(21)11(19)8-3-1-2-4-9(8)15(5-6-16)7-10(17)18/h1-4,11-12,16,19,21H,5-7H2,(H2,14,20)(H,17,18). The number of nitrogens with zero attached hydrogens (tertiary/aromatic N) is 1. The second-order valence-electron chi connectivity index (χ2n) is 4.39. The van der Waals surface area contributed by atoms with Crippen LogP contribution in [0.1, 0.15) is 11.7 Å². The first-order valence-electron chi connectivity index (χ1n) is 6.20. The Kier molecular flexibility index (Phi) is 6.47. The van der Waals surface area contributed by atoms with Crippen molar-refractivity contribution in [3.05, 3.63) is 29.8 Å². The number of benzene rings is 1. The Labute approximate surface area is 127 Å². The van der Waals surface area contributed by atoms with Crippen LogP contribution in [-0.4, -0.2) is 52.1 Å². The number of thiol groups is 1. The Morgan fingerprint density at radius 1 is 1.33 bits per heavy atom. The largest absolute Gasteiger partial charge is 0.480 e. The van der Waals surface area contributed by atoms with Crippen LogP contribution in [0.3, 0.4) is 0 Å². The molecule has 2 atom stereocenters. The molecule has 0 saturated heterocycles. The highest BCUT2D eigenvalue weighted by Crippen LogP contribution is 2.30. The zero-order chi connectivity index (χ0) is 16.0. The summed E-state index contributed by atoms with van der Waals surface area (Å²) in [5.41, 5.74) is 5.85. The summed E-state index contributed by atoms with van der Waals surface area (Å²) >= 11 is 3.96. The molecule has 0 spiro atoms. The average molecular weight is 314 g/mol. The monoisotopic (exact) mass is 314 g/mol. The maximum Gasteiger partial charge on any atom is 0.323 e. The summed E-state index contributed by atoms with van der Waals surface area (Å²) < 4.78 is 0. The van der Waals surface area contributed by atoms with E-state index in [0.717, 1.165) is 0 Å². The van der Waals surface area contributed by atoms with E-state index in [9.17, 15) is 14.7 Å². The van der Waals surface area contributed by atoms with Crippen LogP contribution in [0, 0.1) is 0 Å². The number of hydrogen-bond acceptors (Lipinski definition) is 6. The van der Waals surface area contributed by atoms with E-state index in [2.05, 4.69) is 12.6 Å². The van der Waals surface area contributed by atoms with Gasteiger partial charge in [0, 0.05) is 17.8 Å². The number of aliphatic hydroxyl groups excluding tert-OH is 2. The van der Waals surface area contributed by atoms with Crippen molar-refractivity contribution in [1.29, 1.82) is 0 Å². The SMILES string of the molecule is NC(=O)C(S)C(O)c1ccccc1N(CCO)CC(=O)O. The maximum atomic E-state index is 11.1. The van der Waals surface area contributed by atoms with Crippen molar-refractivity contribution in [2.24, 2.45) is 5.73 Å². The Morgan fingerprint density at radius 2 is 1.95 bits per heavy atom. The number of aliphatic hydroxyl groups is 2. The summed E-state index contributed by atoms with van der Waals surface area (Å²) in [6.45, 7) is -0.528. The number of aliphatic carboxylic acids is 1. The first-order chi connectivity index (χ1) is 9.88. The van der Waals surface area contributed by atoms with Gasteiger partial charge in [0.25, 0.3) is 0 Å². The summed E-state index contributed by atoms with van der Waals surface area (Å²) in [5.74, 6) is -1.86. The number of anilines is 1. The van der Waals surface area contributed by atoms with Gasteiger partial charge in [0.15, 0.2) is 0 Å². The molecule has 116 valence electrons. The van der Waals surface area contributed by atoms with E-state index < -0.39 is 23.2 Å². The Bertz CT molecular complexity index is 511. The highest BCUT2D eigenvalue weighted by Gasteiger charge is 2.26. The van der Waals surface area contributed by atoms with E-state index in [1.807, 2.05) is 0 Å². The Balaban J connectivity index is 3.16. The number of rotatable bonds is 8. The third kappa shape index (κ3) is 4.62. The third-order valence-electron chi connectivity index (χ3n) is 2.88. The molecule has 1 aromatic carbocycles. The fourth-order valence-corrected chi connectivity index (χ4v) is 2.08. The van der Waals surface area contributed by atoms with Crippen LogP contribution in [0.5, 0.6) is 0 Å². The number of amides is 1. The number of hydrogen-bond donors (Lipinski definition) is 5. The number of primary amides is 1. The van der Waals surface area contributed by atoms with Crippen molar-refractivity contribution in [3.63, 3.8) is 0 Å². The summed E-state index contributed by atoms with van der Waals surface area (Å²) in [5, 5.41) is 27.0. The molecule has 0 radical (unpaired) electrons. The van der Waals surface area contributed by atoms with Crippen molar-refractivity contribution in [2.75, 3.05) is 24.6 Å². The quantitative estimate of drug-likeness (QED) is 0.408. The second-order valence-corrected chi connectivity index (χ2v) is 4.95. The highest BCUT2D eigenvalue weighted by molar-refractivity contribution is 7.81. The lowest BCUT2D eigenvalue weighted by Crippen LogP contribution is -2.35. The summed E-state index contributed by atoms with van der Waals surface area (Å²) in [6.07, 6.45) is -1.28. The molecule has 0 aliphatic rings. The molecule has 1 aromatic rings. The fraction of sp³-hybridized carbons (Fsp3) is 0.385. The van der Waals surface area contributed by atoms with Crippen LogP contribution >= 0.6 is 12.6 Å². The van der Waals surface area contributed by atoms with Gasteiger partial charge in [-0.15, -0.1) is 0 Å². The van der Waals surface area contributed by atoms with E-state index in [1.165, 1.54) is 4.90 Å². The molecule has 0 heterocycles. The van der Waals surface area contributed by atoms with Gasteiger partial charge in [-0.3, -0.25) is 9.59 Å². The number of nitrogens with two attached hydrogens (primary N) is 1. The van der Waals surface area contributed by atoms with Gasteiger partial charge in [0.05, 0.1) is 6.61 Å². The summed E-state index contributed by atoms with van der Waals surface area (Å²) in [4.78, 5) is 23.4. The fourth-order valence-electron chi connectivity index (χ4n) is 1.92. The van der Waals surface area contributed by atoms with Crippen LogP contribution < -0.4 is 10.6 Å². The van der Waals surface area contributed by atoms with E-state index in [1.54, 1.807) is 24.3 Å². The molecule has 0 saturated carbocycles. The minimum atomic E-state index is -1.28. The zero-order valence-electron chi connectivity index (χ0n) is 11.2. The van der Waals surface area contributed by atoms with Crippen molar-refractivity contribution < 1.29 is 24.9 Å². The first kappa shape index (κ1) is 17.3. The summed E-state index contributed by atoms with van der Waals surface area (Å²) in [7, 11) is 0. The molecule has 8 heteroatoms. The van der Waals surface area contributed by atoms with Gasteiger partial charge in [-0.25, -0.2) is 0 Å². The molecular weight excluding hydrogens is 296 g/mol. The molecule has 21 heavy (non-hydrogen) atoms. The topological polar surface area (TPSA) is 124 Å². The zero-order valence-corrected chi connectivity index (χ0v) is 12.1. The van der Waals surface area contributed by atoms with Gasteiger partial charge in [-0.1, -0.05) is 18.2 Å². The lowest BCUT2D eigenvalue weighted by molar-refractivity contribution is -0.135. The van der Waals surface area contributed by atoms with E-state index in [4.69, 9.17) is 15.9 Å². The van der Waals surface area contributed by atoms with E-state index in [-0.39, 0.29) is 19.7 Å². The lowest BCUT2D eigenvalue weighted by atomic mass is 10.0. The second kappa shape index (κ2) is 7.87. The Hall–Kier alpha value is -1.77. The lowest BCUT2D eigenvalue weighted by Gasteiger charge is -2.27. The molecule has 1 amide bonds. The van der Waals surface area contributed by atoms with E-state index in [0.29, 0.717) is 11.3 Å². The number of carboxylic acids is 1. The molecular formula is C13H18N2O5S. The number of carboxylic acid groups (broad SMARTS) is 1. The number of para-hydroxylation sites is 1. The van der Waals surface area contributed by atoms with Gasteiger partial charge in [0.1, 0.15) is 17.9 Å². The molecule has 7 nitrogen and oxygen atoms in total. The number of carbonyl (C=O) groups excluding carboxylic acids is 1. The normalized spacial score (nSPS) is 13.5. The van der Waals surface area contributed by atoms with Crippen LogP contribution in [0.25, 0.3) is 0 Å². The molecule has 5 N–H and O–H groups in total. The average Bonchev–Trinajstić information content (AvgIpc) is 2.44. The molecule has 0 bridgehead atoms. The Morgan fingerprint density at radius 3 is 2.48 bits per heavy atom. The number of carbonyl (C=O) groups is 2. The third-order valence-corrected chi connectivity index (χ3v) is 3.42. The molecule has 0 aliphatic carbocycles. The molecule has 2 unspecified atom stereocenters.